The highest BCUT2D eigenvalue weighted by Gasteiger charge is 2.59. The molecule has 0 radical (unpaired) electrons. The van der Waals surface area contributed by atoms with Crippen LogP contribution < -0.4 is 0 Å². The lowest BCUT2D eigenvalue weighted by Gasteiger charge is -2.43. The molecular weight excluding hydrogens is 208 g/mol. The molecule has 1 saturated heterocycles. The highest BCUT2D eigenvalue weighted by molar-refractivity contribution is 5.76. The first-order valence-electron chi connectivity index (χ1n) is 5.76. The van der Waals surface area contributed by atoms with Crippen LogP contribution in [0.1, 0.15) is 34.1 Å². The van der Waals surface area contributed by atoms with Crippen molar-refractivity contribution in [3.8, 4) is 0 Å². The van der Waals surface area contributed by atoms with E-state index in [1.807, 2.05) is 20.8 Å². The fraction of sp³-hybridized carbons (Fsp3) is 0.833. The van der Waals surface area contributed by atoms with Crippen LogP contribution in [0.4, 0.5) is 0 Å². The van der Waals surface area contributed by atoms with Crippen LogP contribution in [-0.4, -0.2) is 23.6 Å². The third-order valence-electron chi connectivity index (χ3n) is 4.17. The first-order valence-corrected chi connectivity index (χ1v) is 5.76. The Labute approximate surface area is 95.3 Å². The second kappa shape index (κ2) is 3.47. The topological polar surface area (TPSA) is 52.6 Å². The number of hydrogen-bond acceptors (Lipinski definition) is 4. The van der Waals surface area contributed by atoms with Crippen LogP contribution in [-0.2, 0) is 19.1 Å². The van der Waals surface area contributed by atoms with Gasteiger partial charge < -0.3 is 9.47 Å². The molecule has 16 heavy (non-hydrogen) atoms. The van der Waals surface area contributed by atoms with E-state index in [1.54, 1.807) is 0 Å². The summed E-state index contributed by atoms with van der Waals surface area (Å²) in [6.07, 6.45) is 0.443. The molecule has 1 heterocycles. The van der Waals surface area contributed by atoms with Crippen LogP contribution in [0, 0.1) is 17.8 Å². The molecule has 2 rings (SSSR count). The predicted octanol–water partition coefficient (Wildman–Crippen LogP) is 1.53. The minimum absolute atomic E-state index is 0.0244. The molecule has 2 fully saturated rings. The molecule has 0 amide bonds. The molecule has 1 aliphatic heterocycles. The number of fused-ring (bicyclic) bond motifs is 2. The summed E-state index contributed by atoms with van der Waals surface area (Å²) in [6.45, 7) is 7.27. The molecule has 4 heteroatoms. The lowest BCUT2D eigenvalue weighted by Crippen LogP contribution is -2.54. The summed E-state index contributed by atoms with van der Waals surface area (Å²) in [6, 6.07) is 0. The fourth-order valence-electron chi connectivity index (χ4n) is 3.06. The normalized spacial score (nSPS) is 46.4. The molecule has 0 aromatic rings. The van der Waals surface area contributed by atoms with E-state index in [0.29, 0.717) is 0 Å². The van der Waals surface area contributed by atoms with Gasteiger partial charge in [0.15, 0.2) is 0 Å². The third kappa shape index (κ3) is 1.43. The third-order valence-corrected chi connectivity index (χ3v) is 4.17. The van der Waals surface area contributed by atoms with Crippen molar-refractivity contribution < 1.29 is 19.1 Å². The smallest absolute Gasteiger partial charge is 0.309 e. The lowest BCUT2D eigenvalue weighted by molar-refractivity contribution is -0.187. The van der Waals surface area contributed by atoms with Gasteiger partial charge in [0.05, 0.1) is 5.92 Å². The summed E-state index contributed by atoms with van der Waals surface area (Å²) in [5, 5.41) is 0. The molecule has 5 atom stereocenters. The van der Waals surface area contributed by atoms with Crippen molar-refractivity contribution in [2.24, 2.45) is 17.8 Å². The monoisotopic (exact) mass is 226 g/mol. The van der Waals surface area contributed by atoms with Crippen molar-refractivity contribution in [1.82, 2.24) is 0 Å². The SMILES string of the molecule is CC(=O)OC1(C)C(C)CC2C(=O)OC1C2C. The Morgan fingerprint density at radius 3 is 2.69 bits per heavy atom. The second-order valence-electron chi connectivity index (χ2n) is 5.24. The maximum atomic E-state index is 11.6. The minimum atomic E-state index is -0.673. The highest BCUT2D eigenvalue weighted by atomic mass is 16.6. The molecule has 5 unspecified atom stereocenters. The van der Waals surface area contributed by atoms with Gasteiger partial charge in [-0.1, -0.05) is 13.8 Å². The van der Waals surface area contributed by atoms with Gasteiger partial charge >= 0.3 is 11.9 Å². The van der Waals surface area contributed by atoms with Crippen LogP contribution in [0.2, 0.25) is 0 Å². The van der Waals surface area contributed by atoms with Crippen LogP contribution in [0.3, 0.4) is 0 Å². The zero-order valence-corrected chi connectivity index (χ0v) is 10.1. The Kier molecular flexibility index (Phi) is 2.48. The van der Waals surface area contributed by atoms with Gasteiger partial charge in [-0.25, -0.2) is 0 Å². The number of hydrogen-bond donors (Lipinski definition) is 0. The summed E-state index contributed by atoms with van der Waals surface area (Å²) in [5.74, 6) is -0.200. The fourth-order valence-corrected chi connectivity index (χ4v) is 3.06. The zero-order valence-electron chi connectivity index (χ0n) is 10.1. The average molecular weight is 226 g/mol. The van der Waals surface area contributed by atoms with Gasteiger partial charge in [-0.15, -0.1) is 0 Å². The van der Waals surface area contributed by atoms with Crippen molar-refractivity contribution in [1.29, 1.82) is 0 Å². The Hall–Kier alpha value is -1.06. The van der Waals surface area contributed by atoms with Crippen molar-refractivity contribution in [3.05, 3.63) is 0 Å². The lowest BCUT2D eigenvalue weighted by atomic mass is 9.67. The van der Waals surface area contributed by atoms with E-state index in [4.69, 9.17) is 9.47 Å². The summed E-state index contributed by atoms with van der Waals surface area (Å²) in [7, 11) is 0. The van der Waals surface area contributed by atoms with E-state index in [1.165, 1.54) is 6.92 Å². The van der Waals surface area contributed by atoms with E-state index in [9.17, 15) is 9.59 Å². The molecule has 0 spiro atoms. The van der Waals surface area contributed by atoms with Gasteiger partial charge in [0, 0.05) is 18.8 Å². The Morgan fingerprint density at radius 2 is 2.12 bits per heavy atom. The summed E-state index contributed by atoms with van der Waals surface area (Å²) >= 11 is 0. The molecule has 4 nitrogen and oxygen atoms in total. The quantitative estimate of drug-likeness (QED) is 0.636. The molecular formula is C12H18O4. The van der Waals surface area contributed by atoms with Gasteiger partial charge in [0.1, 0.15) is 11.7 Å². The number of rotatable bonds is 1. The molecule has 0 aromatic heterocycles. The Morgan fingerprint density at radius 1 is 1.50 bits per heavy atom. The predicted molar refractivity (Wildman–Crippen MR) is 56.5 cm³/mol. The number of esters is 2. The maximum absolute atomic E-state index is 11.6. The van der Waals surface area contributed by atoms with Crippen LogP contribution in [0.15, 0.2) is 0 Å². The molecule has 0 N–H and O–H groups in total. The van der Waals surface area contributed by atoms with Gasteiger partial charge in [0.2, 0.25) is 0 Å². The van der Waals surface area contributed by atoms with Gasteiger partial charge in [0.25, 0.3) is 0 Å². The summed E-state index contributed by atoms with van der Waals surface area (Å²) in [5.41, 5.74) is -0.673. The summed E-state index contributed by atoms with van der Waals surface area (Å²) in [4.78, 5) is 22.8. The van der Waals surface area contributed by atoms with Crippen LogP contribution in [0.25, 0.3) is 0 Å². The van der Waals surface area contributed by atoms with E-state index < -0.39 is 5.60 Å². The van der Waals surface area contributed by atoms with Crippen molar-refractivity contribution in [2.75, 3.05) is 0 Å². The standard InChI is InChI=1S/C12H18O4/c1-6-5-9-7(2)10(15-11(9)14)12(6,4)16-8(3)13/h6-7,9-10H,5H2,1-4H3. The van der Waals surface area contributed by atoms with Crippen molar-refractivity contribution >= 4 is 11.9 Å². The van der Waals surface area contributed by atoms with Crippen LogP contribution in [0.5, 0.6) is 0 Å². The van der Waals surface area contributed by atoms with Gasteiger partial charge in [-0.2, -0.15) is 0 Å². The number of carbonyl (C=O) groups is 2. The first-order chi connectivity index (χ1) is 7.36. The molecule has 1 aliphatic carbocycles. The molecule has 2 bridgehead atoms. The molecule has 1 saturated carbocycles. The van der Waals surface area contributed by atoms with E-state index in [-0.39, 0.29) is 35.8 Å². The minimum Gasteiger partial charge on any atom is -0.458 e. The second-order valence-corrected chi connectivity index (χ2v) is 5.24. The maximum Gasteiger partial charge on any atom is 0.309 e. The van der Waals surface area contributed by atoms with Crippen LogP contribution >= 0.6 is 0 Å². The van der Waals surface area contributed by atoms with Gasteiger partial charge in [-0.05, 0) is 13.3 Å². The summed E-state index contributed by atoms with van der Waals surface area (Å²) < 4.78 is 10.8. The first kappa shape index (κ1) is 11.4. The molecule has 0 aromatic carbocycles. The Balaban J connectivity index is 2.31. The number of carbonyl (C=O) groups excluding carboxylic acids is 2. The highest BCUT2D eigenvalue weighted by Crippen LogP contribution is 2.49. The van der Waals surface area contributed by atoms with E-state index in [2.05, 4.69) is 0 Å². The van der Waals surface area contributed by atoms with Crippen molar-refractivity contribution in [3.63, 3.8) is 0 Å². The van der Waals surface area contributed by atoms with Gasteiger partial charge in [-0.3, -0.25) is 9.59 Å². The molecule has 2 aliphatic rings. The van der Waals surface area contributed by atoms with Crippen molar-refractivity contribution in [2.45, 2.75) is 45.8 Å². The van der Waals surface area contributed by atoms with E-state index >= 15 is 0 Å². The van der Waals surface area contributed by atoms with E-state index in [0.717, 1.165) is 6.42 Å². The largest absolute Gasteiger partial charge is 0.458 e. The Bertz CT molecular complexity index is 338. The molecule has 90 valence electrons. The zero-order chi connectivity index (χ0) is 12.1. The average Bonchev–Trinajstić information content (AvgIpc) is 2.38. The number of ether oxygens (including phenoxy) is 2.